The van der Waals surface area contributed by atoms with Crippen LogP contribution in [-0.4, -0.2) is 51.3 Å². The van der Waals surface area contributed by atoms with Crippen LogP contribution in [0.2, 0.25) is 0 Å². The first-order valence-corrected chi connectivity index (χ1v) is 6.41. The van der Waals surface area contributed by atoms with Crippen LogP contribution >= 0.6 is 0 Å². The van der Waals surface area contributed by atoms with Crippen molar-refractivity contribution in [3.8, 4) is 0 Å². The first-order valence-electron chi connectivity index (χ1n) is 6.41. The van der Waals surface area contributed by atoms with Crippen LogP contribution in [0.15, 0.2) is 12.4 Å². The molecular formula is C13H26N4O. The highest BCUT2D eigenvalue weighted by Crippen LogP contribution is 2.07. The minimum absolute atomic E-state index is 0.385. The fourth-order valence-electron chi connectivity index (χ4n) is 1.91. The molecule has 0 bridgehead atoms. The van der Waals surface area contributed by atoms with Gasteiger partial charge in [-0.1, -0.05) is 13.8 Å². The lowest BCUT2D eigenvalue weighted by Gasteiger charge is -2.30. The highest BCUT2D eigenvalue weighted by Gasteiger charge is 2.23. The Morgan fingerprint density at radius 3 is 2.72 bits per heavy atom. The van der Waals surface area contributed by atoms with Gasteiger partial charge < -0.3 is 15.0 Å². The van der Waals surface area contributed by atoms with Gasteiger partial charge in [-0.25, -0.2) is 4.98 Å². The van der Waals surface area contributed by atoms with E-state index in [1.165, 1.54) is 0 Å². The van der Waals surface area contributed by atoms with Gasteiger partial charge in [0, 0.05) is 38.6 Å². The van der Waals surface area contributed by atoms with Crippen molar-refractivity contribution in [2.75, 3.05) is 20.1 Å². The first-order chi connectivity index (χ1) is 8.30. The zero-order chi connectivity index (χ0) is 13.8. The van der Waals surface area contributed by atoms with Crippen LogP contribution in [-0.2, 0) is 13.6 Å². The van der Waals surface area contributed by atoms with Gasteiger partial charge in [0.15, 0.2) is 0 Å². The normalized spacial score (nSPS) is 15.3. The predicted molar refractivity (Wildman–Crippen MR) is 73.3 cm³/mol. The van der Waals surface area contributed by atoms with Gasteiger partial charge in [-0.05, 0) is 14.0 Å². The standard InChI is InChI=1S/C13H26N4O/c1-11(2)15-9-13(3,18)10-16(4)8-12-14-6-7-17(12)5/h6-7,11,15,18H,8-10H2,1-5H3. The van der Waals surface area contributed by atoms with Crippen LogP contribution in [0.4, 0.5) is 0 Å². The van der Waals surface area contributed by atoms with Crippen LogP contribution in [0.25, 0.3) is 0 Å². The van der Waals surface area contributed by atoms with Gasteiger partial charge in [-0.2, -0.15) is 0 Å². The summed E-state index contributed by atoms with van der Waals surface area (Å²) < 4.78 is 2.00. The Kier molecular flexibility index (Phi) is 5.31. The lowest BCUT2D eigenvalue weighted by molar-refractivity contribution is 0.0232. The minimum Gasteiger partial charge on any atom is -0.388 e. The lowest BCUT2D eigenvalue weighted by atomic mass is 10.1. The molecule has 104 valence electrons. The van der Waals surface area contributed by atoms with Crippen LogP contribution in [0, 0.1) is 0 Å². The second kappa shape index (κ2) is 6.31. The molecule has 0 aromatic carbocycles. The van der Waals surface area contributed by atoms with Crippen molar-refractivity contribution in [1.82, 2.24) is 19.8 Å². The number of aromatic nitrogens is 2. The maximum Gasteiger partial charge on any atom is 0.122 e. The summed E-state index contributed by atoms with van der Waals surface area (Å²) in [5.74, 6) is 1.00. The molecule has 5 nitrogen and oxygen atoms in total. The maximum absolute atomic E-state index is 10.3. The van der Waals surface area contributed by atoms with Crippen LogP contribution in [0.1, 0.15) is 26.6 Å². The maximum atomic E-state index is 10.3. The van der Waals surface area contributed by atoms with Crippen molar-refractivity contribution in [2.24, 2.45) is 7.05 Å². The zero-order valence-electron chi connectivity index (χ0n) is 12.1. The Morgan fingerprint density at radius 1 is 1.56 bits per heavy atom. The zero-order valence-corrected chi connectivity index (χ0v) is 12.1. The van der Waals surface area contributed by atoms with Crippen molar-refractivity contribution in [1.29, 1.82) is 0 Å². The third-order valence-electron chi connectivity index (χ3n) is 2.83. The second-order valence-corrected chi connectivity index (χ2v) is 5.66. The number of hydrogen-bond donors (Lipinski definition) is 2. The third-order valence-corrected chi connectivity index (χ3v) is 2.83. The summed E-state index contributed by atoms with van der Waals surface area (Å²) in [6, 6.07) is 0.385. The number of rotatable bonds is 7. The van der Waals surface area contributed by atoms with Crippen LogP contribution in [0.3, 0.4) is 0 Å². The quantitative estimate of drug-likeness (QED) is 0.748. The molecule has 0 amide bonds. The number of aryl methyl sites for hydroxylation is 1. The van der Waals surface area contributed by atoms with Crippen LogP contribution < -0.4 is 5.32 Å². The fraction of sp³-hybridized carbons (Fsp3) is 0.769. The molecule has 1 atom stereocenters. The van der Waals surface area contributed by atoms with Crippen molar-refractivity contribution in [3.05, 3.63) is 18.2 Å². The van der Waals surface area contributed by atoms with E-state index in [0.717, 1.165) is 12.4 Å². The first kappa shape index (κ1) is 15.1. The summed E-state index contributed by atoms with van der Waals surface area (Å²) in [6.45, 7) is 7.95. The molecular weight excluding hydrogens is 228 g/mol. The highest BCUT2D eigenvalue weighted by atomic mass is 16.3. The largest absolute Gasteiger partial charge is 0.388 e. The number of nitrogens with one attached hydrogen (secondary N) is 1. The molecule has 0 aliphatic carbocycles. The molecule has 5 heteroatoms. The number of nitrogens with zero attached hydrogens (tertiary/aromatic N) is 3. The van der Waals surface area contributed by atoms with Gasteiger partial charge in [0.2, 0.25) is 0 Å². The molecule has 0 fully saturated rings. The average Bonchev–Trinajstić information content (AvgIpc) is 2.61. The van der Waals surface area contributed by atoms with E-state index in [1.807, 2.05) is 31.8 Å². The summed E-state index contributed by atoms with van der Waals surface area (Å²) in [6.07, 6.45) is 3.73. The summed E-state index contributed by atoms with van der Waals surface area (Å²) in [7, 11) is 3.98. The fourth-order valence-corrected chi connectivity index (χ4v) is 1.91. The van der Waals surface area contributed by atoms with Gasteiger partial charge in [0.1, 0.15) is 5.82 Å². The molecule has 1 aromatic rings. The number of likely N-dealkylation sites (N-methyl/N-ethyl adjacent to an activating group) is 1. The molecule has 0 aliphatic rings. The Bertz CT molecular complexity index is 360. The topological polar surface area (TPSA) is 53.3 Å². The number of aliphatic hydroxyl groups is 1. The lowest BCUT2D eigenvalue weighted by Crippen LogP contribution is -2.47. The molecule has 0 aliphatic heterocycles. The van der Waals surface area contributed by atoms with E-state index in [2.05, 4.69) is 29.0 Å². The summed E-state index contributed by atoms with van der Waals surface area (Å²) in [5.41, 5.74) is -0.732. The molecule has 0 saturated carbocycles. The predicted octanol–water partition coefficient (Wildman–Crippen LogP) is 0.601. The Balaban J connectivity index is 2.43. The molecule has 1 aromatic heterocycles. The van der Waals surface area contributed by atoms with Crippen LogP contribution in [0.5, 0.6) is 0 Å². The Morgan fingerprint density at radius 2 is 2.22 bits per heavy atom. The SMILES string of the molecule is CC(C)NCC(C)(O)CN(C)Cc1nccn1C. The van der Waals surface area contributed by atoms with Gasteiger partial charge in [-0.3, -0.25) is 4.90 Å². The molecule has 0 spiro atoms. The molecule has 18 heavy (non-hydrogen) atoms. The van der Waals surface area contributed by atoms with Gasteiger partial charge >= 0.3 is 0 Å². The monoisotopic (exact) mass is 254 g/mol. The Hall–Kier alpha value is -0.910. The smallest absolute Gasteiger partial charge is 0.122 e. The van der Waals surface area contributed by atoms with Crippen molar-refractivity contribution in [3.63, 3.8) is 0 Å². The molecule has 0 saturated heterocycles. The number of imidazole rings is 1. The van der Waals surface area contributed by atoms with E-state index in [4.69, 9.17) is 0 Å². The van der Waals surface area contributed by atoms with Gasteiger partial charge in [-0.15, -0.1) is 0 Å². The summed E-state index contributed by atoms with van der Waals surface area (Å²) in [5, 5.41) is 13.6. The average molecular weight is 254 g/mol. The van der Waals surface area contributed by atoms with Crippen molar-refractivity contribution < 1.29 is 5.11 Å². The van der Waals surface area contributed by atoms with E-state index in [-0.39, 0.29) is 0 Å². The summed E-state index contributed by atoms with van der Waals surface area (Å²) >= 11 is 0. The van der Waals surface area contributed by atoms with Gasteiger partial charge in [0.25, 0.3) is 0 Å². The van der Waals surface area contributed by atoms with Crippen molar-refractivity contribution >= 4 is 0 Å². The molecule has 1 heterocycles. The summed E-state index contributed by atoms with van der Waals surface area (Å²) in [4.78, 5) is 6.37. The van der Waals surface area contributed by atoms with E-state index < -0.39 is 5.60 Å². The third kappa shape index (κ3) is 5.16. The second-order valence-electron chi connectivity index (χ2n) is 5.66. The number of hydrogen-bond acceptors (Lipinski definition) is 4. The van der Waals surface area contributed by atoms with Gasteiger partial charge in [0.05, 0.1) is 12.1 Å². The van der Waals surface area contributed by atoms with E-state index in [0.29, 0.717) is 19.1 Å². The van der Waals surface area contributed by atoms with Crippen molar-refractivity contribution in [2.45, 2.75) is 39.0 Å². The molecule has 1 rings (SSSR count). The van der Waals surface area contributed by atoms with E-state index in [9.17, 15) is 5.11 Å². The Labute approximate surface area is 110 Å². The molecule has 0 radical (unpaired) electrons. The minimum atomic E-state index is -0.732. The van der Waals surface area contributed by atoms with E-state index in [1.54, 1.807) is 6.20 Å². The molecule has 2 N–H and O–H groups in total. The highest BCUT2D eigenvalue weighted by molar-refractivity contribution is 4.91. The molecule has 1 unspecified atom stereocenters. The van der Waals surface area contributed by atoms with E-state index >= 15 is 0 Å².